The maximum absolute atomic E-state index is 13.9. The number of piperazine rings is 1. The van der Waals surface area contributed by atoms with Crippen LogP contribution in [0.2, 0.25) is 0 Å². The summed E-state index contributed by atoms with van der Waals surface area (Å²) in [6.07, 6.45) is 0.640. The number of carbonyl (C=O) groups is 2. The molecule has 2 aliphatic carbocycles. The van der Waals surface area contributed by atoms with Gasteiger partial charge >= 0.3 is 0 Å². The van der Waals surface area contributed by atoms with Crippen molar-refractivity contribution in [1.29, 1.82) is 5.26 Å². The Morgan fingerprint density at radius 3 is 2.43 bits per heavy atom. The normalized spacial score (nSPS) is 18.8. The summed E-state index contributed by atoms with van der Waals surface area (Å²) in [5.74, 6) is 0.357. The number of Topliss-reactive ketones (excluding diaryl/α,β-unsaturated/α-hetero) is 1. The summed E-state index contributed by atoms with van der Waals surface area (Å²) < 4.78 is 5.69. The first-order valence-corrected chi connectivity index (χ1v) is 12.2. The van der Waals surface area contributed by atoms with Crippen LogP contribution in [0.15, 0.2) is 35.9 Å². The smallest absolute Gasteiger partial charge is 0.257 e. The van der Waals surface area contributed by atoms with Gasteiger partial charge in [0.15, 0.2) is 5.78 Å². The number of carbonyl (C=O) groups excluding carboxylic acids is 2. The number of methoxy groups -OCH3 is 1. The molecular formula is C29H31N3O3. The Hall–Kier alpha value is -3.43. The van der Waals surface area contributed by atoms with Gasteiger partial charge in [0.1, 0.15) is 5.75 Å². The fraction of sp³-hybridized carbons (Fsp3) is 0.414. The van der Waals surface area contributed by atoms with Crippen LogP contribution >= 0.6 is 0 Å². The highest BCUT2D eigenvalue weighted by atomic mass is 16.5. The average molecular weight is 470 g/mol. The molecule has 1 fully saturated rings. The maximum Gasteiger partial charge on any atom is 0.257 e. The molecule has 0 atom stereocenters. The second kappa shape index (κ2) is 8.35. The van der Waals surface area contributed by atoms with Crippen molar-refractivity contribution >= 4 is 17.3 Å². The highest BCUT2D eigenvalue weighted by Crippen LogP contribution is 2.51. The molecule has 0 saturated carbocycles. The van der Waals surface area contributed by atoms with E-state index in [1.54, 1.807) is 19.2 Å². The number of nitriles is 1. The highest BCUT2D eigenvalue weighted by molar-refractivity contribution is 6.33. The van der Waals surface area contributed by atoms with Gasteiger partial charge in [0.2, 0.25) is 0 Å². The molecule has 5 rings (SSSR count). The van der Waals surface area contributed by atoms with E-state index in [9.17, 15) is 14.9 Å². The minimum Gasteiger partial charge on any atom is -0.496 e. The number of rotatable bonds is 3. The lowest BCUT2D eigenvalue weighted by Gasteiger charge is -2.38. The molecule has 6 nitrogen and oxygen atoms in total. The lowest BCUT2D eigenvalue weighted by Crippen LogP contribution is -2.50. The maximum atomic E-state index is 13.9. The van der Waals surface area contributed by atoms with Crippen LogP contribution in [0.3, 0.4) is 0 Å². The van der Waals surface area contributed by atoms with Crippen LogP contribution < -0.4 is 4.74 Å². The molecule has 1 saturated heterocycles. The molecule has 2 aromatic rings. The summed E-state index contributed by atoms with van der Waals surface area (Å²) in [5.41, 5.74) is 5.76. The lowest BCUT2D eigenvalue weighted by atomic mass is 9.68. The summed E-state index contributed by atoms with van der Waals surface area (Å²) in [4.78, 5) is 31.7. The van der Waals surface area contributed by atoms with Gasteiger partial charge in [0.25, 0.3) is 5.91 Å². The third-order valence-corrected chi connectivity index (χ3v) is 7.97. The number of hydrogen-bond donors (Lipinski definition) is 0. The van der Waals surface area contributed by atoms with Gasteiger partial charge in [-0.2, -0.15) is 5.26 Å². The van der Waals surface area contributed by atoms with Gasteiger partial charge in [-0.3, -0.25) is 14.5 Å². The second-order valence-corrected chi connectivity index (χ2v) is 10.5. The van der Waals surface area contributed by atoms with E-state index in [0.29, 0.717) is 48.0 Å². The summed E-state index contributed by atoms with van der Waals surface area (Å²) >= 11 is 0. The van der Waals surface area contributed by atoms with Crippen LogP contribution in [0.25, 0.3) is 5.57 Å². The molecule has 180 valence electrons. The largest absolute Gasteiger partial charge is 0.496 e. The summed E-state index contributed by atoms with van der Waals surface area (Å²) in [6.45, 7) is 11.6. The molecule has 0 radical (unpaired) electrons. The number of nitrogens with zero attached hydrogens (tertiary/aromatic N) is 3. The Kier molecular flexibility index (Phi) is 5.56. The van der Waals surface area contributed by atoms with E-state index in [0.717, 1.165) is 40.9 Å². The molecule has 3 aliphatic rings. The van der Waals surface area contributed by atoms with Crippen molar-refractivity contribution in [1.82, 2.24) is 9.80 Å². The van der Waals surface area contributed by atoms with Crippen LogP contribution in [0.4, 0.5) is 0 Å². The van der Waals surface area contributed by atoms with Crippen LogP contribution in [-0.4, -0.2) is 60.8 Å². The minimum absolute atomic E-state index is 0.0564. The predicted molar refractivity (Wildman–Crippen MR) is 135 cm³/mol. The minimum atomic E-state index is -0.415. The number of fused-ring (bicyclic) bond motifs is 3. The molecule has 0 N–H and O–H groups in total. The Bertz CT molecular complexity index is 1320. The molecule has 0 aromatic heterocycles. The van der Waals surface area contributed by atoms with Crippen molar-refractivity contribution in [3.05, 3.63) is 69.3 Å². The fourth-order valence-electron chi connectivity index (χ4n) is 5.82. The topological polar surface area (TPSA) is 73.6 Å². The van der Waals surface area contributed by atoms with Gasteiger partial charge in [-0.1, -0.05) is 19.9 Å². The van der Waals surface area contributed by atoms with Crippen LogP contribution in [0, 0.1) is 11.3 Å². The predicted octanol–water partition coefficient (Wildman–Crippen LogP) is 4.22. The van der Waals surface area contributed by atoms with Gasteiger partial charge in [-0.05, 0) is 66.8 Å². The van der Waals surface area contributed by atoms with Crippen LogP contribution in [-0.2, 0) is 11.8 Å². The van der Waals surface area contributed by atoms with Gasteiger partial charge in [0.05, 0.1) is 24.3 Å². The SMILES string of the molecule is COc1cc2c(cc1C(=O)N1CCN(C(C)C)CC1)C(=O)C1=C(Cc3cc(C#N)ccc31)C2(C)C. The first-order valence-electron chi connectivity index (χ1n) is 12.2. The van der Waals surface area contributed by atoms with E-state index in [2.05, 4.69) is 38.7 Å². The van der Waals surface area contributed by atoms with Crippen molar-refractivity contribution in [2.45, 2.75) is 45.6 Å². The summed E-state index contributed by atoms with van der Waals surface area (Å²) in [5, 5.41) is 9.33. The van der Waals surface area contributed by atoms with Crippen molar-refractivity contribution in [2.75, 3.05) is 33.3 Å². The molecule has 6 heteroatoms. The molecule has 0 spiro atoms. The van der Waals surface area contributed by atoms with Crippen molar-refractivity contribution in [3.63, 3.8) is 0 Å². The van der Waals surface area contributed by atoms with E-state index in [1.165, 1.54) is 0 Å². The number of ether oxygens (including phenoxy) is 1. The van der Waals surface area contributed by atoms with Crippen molar-refractivity contribution < 1.29 is 14.3 Å². The quantitative estimate of drug-likeness (QED) is 0.673. The summed E-state index contributed by atoms with van der Waals surface area (Å²) in [7, 11) is 1.58. The van der Waals surface area contributed by atoms with Gasteiger partial charge in [-0.25, -0.2) is 0 Å². The Morgan fingerprint density at radius 2 is 1.80 bits per heavy atom. The zero-order valence-corrected chi connectivity index (χ0v) is 21.1. The molecule has 1 amide bonds. The molecule has 35 heavy (non-hydrogen) atoms. The number of benzene rings is 2. The average Bonchev–Trinajstić information content (AvgIpc) is 3.26. The second-order valence-electron chi connectivity index (χ2n) is 10.5. The van der Waals surface area contributed by atoms with Gasteiger partial charge in [0, 0.05) is 48.8 Å². The first kappa shape index (κ1) is 23.3. The highest BCUT2D eigenvalue weighted by Gasteiger charge is 2.44. The molecule has 0 unspecified atom stereocenters. The summed E-state index contributed by atoms with van der Waals surface area (Å²) in [6, 6.07) is 11.8. The van der Waals surface area contributed by atoms with Crippen LogP contribution in [0.5, 0.6) is 5.75 Å². The zero-order valence-electron chi connectivity index (χ0n) is 21.1. The number of hydrogen-bond acceptors (Lipinski definition) is 5. The molecule has 2 aromatic carbocycles. The monoisotopic (exact) mass is 469 g/mol. The molecular weight excluding hydrogens is 438 g/mol. The van der Waals surface area contributed by atoms with Gasteiger partial charge in [-0.15, -0.1) is 0 Å². The van der Waals surface area contributed by atoms with Gasteiger partial charge < -0.3 is 9.64 Å². The Morgan fingerprint density at radius 1 is 1.09 bits per heavy atom. The fourth-order valence-corrected chi connectivity index (χ4v) is 5.82. The Balaban J connectivity index is 1.55. The van der Waals surface area contributed by atoms with Crippen molar-refractivity contribution in [2.24, 2.45) is 0 Å². The van der Waals surface area contributed by atoms with E-state index in [1.807, 2.05) is 23.1 Å². The first-order chi connectivity index (χ1) is 16.7. The standard InChI is InChI=1S/C29H31N3O3/c1-17(2)31-8-10-32(11-9-31)28(34)22-14-21-23(15-25(22)35-5)29(3,4)24-13-19-12-18(16-30)6-7-20(19)26(24)27(21)33/h6-7,12,14-15,17H,8-11,13H2,1-5H3. The molecule has 0 bridgehead atoms. The number of amides is 1. The number of ketones is 1. The molecule has 1 heterocycles. The molecule has 1 aliphatic heterocycles. The van der Waals surface area contributed by atoms with Crippen LogP contribution in [0.1, 0.15) is 70.7 Å². The third kappa shape index (κ3) is 3.57. The third-order valence-electron chi connectivity index (χ3n) is 7.97. The number of allylic oxidation sites excluding steroid dienone is 2. The lowest BCUT2D eigenvalue weighted by molar-refractivity contribution is 0.0592. The zero-order chi connectivity index (χ0) is 25.1. The van der Waals surface area contributed by atoms with E-state index in [-0.39, 0.29) is 11.7 Å². The van der Waals surface area contributed by atoms with Crippen molar-refractivity contribution in [3.8, 4) is 11.8 Å². The van der Waals surface area contributed by atoms with E-state index in [4.69, 9.17) is 4.74 Å². The van der Waals surface area contributed by atoms with E-state index < -0.39 is 5.41 Å². The Labute approximate surface area is 206 Å². The van der Waals surface area contributed by atoms with E-state index >= 15 is 0 Å².